The van der Waals surface area contributed by atoms with E-state index in [1.54, 1.807) is 4.90 Å². The molecule has 4 rings (SSSR count). The van der Waals surface area contributed by atoms with E-state index >= 15 is 0 Å². The number of ether oxygens (including phenoxy) is 1. The maximum Gasteiger partial charge on any atom is 0.303 e. The molecule has 1 unspecified atom stereocenters. The van der Waals surface area contributed by atoms with E-state index in [2.05, 4.69) is 9.97 Å². The van der Waals surface area contributed by atoms with Crippen molar-refractivity contribution < 1.29 is 23.4 Å². The number of aliphatic carboxylic acids is 1. The van der Waals surface area contributed by atoms with Crippen LogP contribution in [0.15, 0.2) is 24.5 Å². The fourth-order valence-corrected chi connectivity index (χ4v) is 3.67. The third-order valence-electron chi connectivity index (χ3n) is 5.33. The van der Waals surface area contributed by atoms with Crippen LogP contribution in [0.4, 0.5) is 14.5 Å². The molecule has 6 nitrogen and oxygen atoms in total. The largest absolute Gasteiger partial charge is 0.481 e. The van der Waals surface area contributed by atoms with Crippen molar-refractivity contribution in [1.82, 2.24) is 9.97 Å². The van der Waals surface area contributed by atoms with E-state index in [-0.39, 0.29) is 29.7 Å². The van der Waals surface area contributed by atoms with Crippen molar-refractivity contribution in [3.05, 3.63) is 36.2 Å². The van der Waals surface area contributed by atoms with Gasteiger partial charge in [0.15, 0.2) is 0 Å². The third kappa shape index (κ3) is 3.90. The lowest BCUT2D eigenvalue weighted by Gasteiger charge is -2.25. The van der Waals surface area contributed by atoms with E-state index < -0.39 is 17.6 Å². The minimum atomic E-state index is -0.897. The van der Waals surface area contributed by atoms with Gasteiger partial charge in [0.05, 0.1) is 18.1 Å². The number of rotatable bonds is 6. The van der Waals surface area contributed by atoms with Crippen LogP contribution < -0.4 is 9.64 Å². The molecule has 148 valence electrons. The molecule has 2 heterocycles. The molecule has 2 fully saturated rings. The highest BCUT2D eigenvalue weighted by atomic mass is 19.1. The van der Waals surface area contributed by atoms with Gasteiger partial charge in [-0.3, -0.25) is 9.78 Å². The number of halogens is 2. The Bertz CT molecular complexity index is 866. The number of carboxylic acid groups (broad SMARTS) is 1. The topological polar surface area (TPSA) is 75.5 Å². The van der Waals surface area contributed by atoms with Crippen molar-refractivity contribution in [2.75, 3.05) is 18.0 Å². The number of hydrogen-bond acceptors (Lipinski definition) is 5. The second kappa shape index (κ2) is 7.69. The van der Waals surface area contributed by atoms with E-state index in [1.165, 1.54) is 24.5 Å². The van der Waals surface area contributed by atoms with Gasteiger partial charge in [0.2, 0.25) is 5.88 Å². The summed E-state index contributed by atoms with van der Waals surface area (Å²) in [5, 5.41) is 8.91. The Labute approximate surface area is 161 Å². The van der Waals surface area contributed by atoms with Gasteiger partial charge in [0.25, 0.3) is 0 Å². The zero-order valence-electron chi connectivity index (χ0n) is 15.3. The molecule has 1 aliphatic carbocycles. The average Bonchev–Trinajstić information content (AvgIpc) is 3.05. The SMILES string of the molecule is O=C(O)CC1CCN(c2c(F)cc(-c3cncc(OC4CCC4)n3)cc2F)C1. The van der Waals surface area contributed by atoms with E-state index in [9.17, 15) is 13.6 Å². The van der Waals surface area contributed by atoms with Crippen LogP contribution >= 0.6 is 0 Å². The van der Waals surface area contributed by atoms with Crippen molar-refractivity contribution in [2.24, 2.45) is 5.92 Å². The van der Waals surface area contributed by atoms with Gasteiger partial charge in [-0.05, 0) is 43.7 Å². The molecule has 0 spiro atoms. The van der Waals surface area contributed by atoms with Gasteiger partial charge < -0.3 is 14.7 Å². The maximum atomic E-state index is 14.7. The number of nitrogens with zero attached hydrogens (tertiary/aromatic N) is 3. The number of benzene rings is 1. The molecule has 1 aliphatic heterocycles. The standard InChI is InChI=1S/C20H21F2N3O3/c21-15-7-13(17-9-23-10-18(24-17)28-14-2-1-3-14)8-16(22)20(15)25-5-4-12(11-25)6-19(26)27/h7-10,12,14H,1-6,11H2,(H,26,27). The van der Waals surface area contributed by atoms with E-state index in [4.69, 9.17) is 9.84 Å². The summed E-state index contributed by atoms with van der Waals surface area (Å²) in [6.07, 6.45) is 6.75. The summed E-state index contributed by atoms with van der Waals surface area (Å²) in [7, 11) is 0. The van der Waals surface area contributed by atoms with Gasteiger partial charge in [-0.1, -0.05) is 0 Å². The molecule has 8 heteroatoms. The molecule has 1 N–H and O–H groups in total. The first-order valence-corrected chi connectivity index (χ1v) is 9.44. The number of aromatic nitrogens is 2. The highest BCUT2D eigenvalue weighted by Gasteiger charge is 2.29. The Kier molecular flexibility index (Phi) is 5.11. The molecule has 1 aromatic heterocycles. The zero-order valence-corrected chi connectivity index (χ0v) is 15.3. The van der Waals surface area contributed by atoms with Crippen LogP contribution in [-0.4, -0.2) is 40.2 Å². The van der Waals surface area contributed by atoms with Crippen LogP contribution in [0.5, 0.6) is 5.88 Å². The molecule has 2 aliphatic rings. The minimum Gasteiger partial charge on any atom is -0.481 e. The van der Waals surface area contributed by atoms with Crippen LogP contribution in [0.3, 0.4) is 0 Å². The van der Waals surface area contributed by atoms with Gasteiger partial charge in [-0.25, -0.2) is 13.8 Å². The van der Waals surface area contributed by atoms with E-state index in [0.717, 1.165) is 19.3 Å². The van der Waals surface area contributed by atoms with Crippen molar-refractivity contribution in [3.63, 3.8) is 0 Å². The molecule has 0 amide bonds. The molecule has 28 heavy (non-hydrogen) atoms. The fraction of sp³-hybridized carbons (Fsp3) is 0.450. The molecule has 1 saturated heterocycles. The predicted octanol–water partition coefficient (Wildman–Crippen LogP) is 3.65. The Balaban J connectivity index is 1.54. The first-order chi connectivity index (χ1) is 13.5. The Morgan fingerprint density at radius 2 is 1.96 bits per heavy atom. The molecular weight excluding hydrogens is 368 g/mol. The average molecular weight is 389 g/mol. The summed E-state index contributed by atoms with van der Waals surface area (Å²) >= 11 is 0. The van der Waals surface area contributed by atoms with E-state index in [1.807, 2.05) is 0 Å². The minimum absolute atomic E-state index is 0.00119. The van der Waals surface area contributed by atoms with Crippen LogP contribution in [0.2, 0.25) is 0 Å². The van der Waals surface area contributed by atoms with Crippen molar-refractivity contribution in [2.45, 2.75) is 38.2 Å². The van der Waals surface area contributed by atoms with Crippen LogP contribution in [0, 0.1) is 17.6 Å². The van der Waals surface area contributed by atoms with Gasteiger partial charge in [-0.15, -0.1) is 0 Å². The molecule has 1 aromatic carbocycles. The quantitative estimate of drug-likeness (QED) is 0.813. The number of carbonyl (C=O) groups is 1. The lowest BCUT2D eigenvalue weighted by atomic mass is 9.96. The second-order valence-corrected chi connectivity index (χ2v) is 7.40. The van der Waals surface area contributed by atoms with Crippen LogP contribution in [0.25, 0.3) is 11.3 Å². The van der Waals surface area contributed by atoms with Gasteiger partial charge in [0, 0.05) is 25.1 Å². The molecule has 0 bridgehead atoms. The van der Waals surface area contributed by atoms with Crippen molar-refractivity contribution in [1.29, 1.82) is 0 Å². The summed E-state index contributed by atoms with van der Waals surface area (Å²) in [5.41, 5.74) is 0.504. The predicted molar refractivity (Wildman–Crippen MR) is 98.2 cm³/mol. The first kappa shape index (κ1) is 18.6. The highest BCUT2D eigenvalue weighted by Crippen LogP contribution is 2.33. The summed E-state index contributed by atoms with van der Waals surface area (Å²) < 4.78 is 35.2. The summed E-state index contributed by atoms with van der Waals surface area (Å²) in [4.78, 5) is 20.8. The molecule has 0 radical (unpaired) electrons. The summed E-state index contributed by atoms with van der Waals surface area (Å²) in [5.74, 6) is -2.05. The van der Waals surface area contributed by atoms with Crippen molar-refractivity contribution in [3.8, 4) is 17.1 Å². The van der Waals surface area contributed by atoms with Crippen LogP contribution in [0.1, 0.15) is 32.1 Å². The van der Waals surface area contributed by atoms with Gasteiger partial charge in [0.1, 0.15) is 23.4 Å². The number of anilines is 1. The smallest absolute Gasteiger partial charge is 0.303 e. The monoisotopic (exact) mass is 389 g/mol. The molecule has 2 aromatic rings. The Morgan fingerprint density at radius 1 is 1.21 bits per heavy atom. The summed E-state index contributed by atoms with van der Waals surface area (Å²) in [6, 6.07) is 2.47. The highest BCUT2D eigenvalue weighted by molar-refractivity contribution is 5.68. The van der Waals surface area contributed by atoms with E-state index in [0.29, 0.717) is 31.1 Å². The van der Waals surface area contributed by atoms with Gasteiger partial charge in [-0.2, -0.15) is 0 Å². The number of hydrogen-bond donors (Lipinski definition) is 1. The Morgan fingerprint density at radius 3 is 2.61 bits per heavy atom. The normalized spacial score (nSPS) is 19.5. The zero-order chi connectivity index (χ0) is 19.7. The third-order valence-corrected chi connectivity index (χ3v) is 5.33. The first-order valence-electron chi connectivity index (χ1n) is 9.44. The Hall–Kier alpha value is -2.77. The van der Waals surface area contributed by atoms with Crippen LogP contribution in [-0.2, 0) is 4.79 Å². The maximum absolute atomic E-state index is 14.7. The summed E-state index contributed by atoms with van der Waals surface area (Å²) in [6.45, 7) is 0.750. The second-order valence-electron chi connectivity index (χ2n) is 7.40. The van der Waals surface area contributed by atoms with Gasteiger partial charge >= 0.3 is 5.97 Å². The molecular formula is C20H21F2N3O3. The van der Waals surface area contributed by atoms with Crippen molar-refractivity contribution >= 4 is 11.7 Å². The molecule has 1 saturated carbocycles. The molecule has 1 atom stereocenters. The number of carboxylic acids is 1. The lowest BCUT2D eigenvalue weighted by molar-refractivity contribution is -0.137. The fourth-order valence-electron chi connectivity index (χ4n) is 3.67. The lowest BCUT2D eigenvalue weighted by Crippen LogP contribution is -2.25.